The Morgan fingerprint density at radius 3 is 2.43 bits per heavy atom. The summed E-state index contributed by atoms with van der Waals surface area (Å²) >= 11 is 1.62. The number of hydrogen-bond acceptors (Lipinski definition) is 3. The minimum absolute atomic E-state index is 0.454. The van der Waals surface area contributed by atoms with Crippen molar-refractivity contribution in [3.63, 3.8) is 0 Å². The molecule has 110 valence electrons. The van der Waals surface area contributed by atoms with Gasteiger partial charge in [0, 0.05) is 12.2 Å². The molecule has 0 saturated carbocycles. The fourth-order valence-electron chi connectivity index (χ4n) is 2.07. The van der Waals surface area contributed by atoms with Gasteiger partial charge in [0.05, 0.1) is 0 Å². The van der Waals surface area contributed by atoms with Gasteiger partial charge in [-0.2, -0.15) is 11.3 Å². The Morgan fingerprint density at radius 2 is 1.81 bits per heavy atom. The highest BCUT2D eigenvalue weighted by molar-refractivity contribution is 7.07. The van der Waals surface area contributed by atoms with E-state index in [1.807, 2.05) is 48.9 Å². The first-order chi connectivity index (χ1) is 10.0. The second-order valence-electron chi connectivity index (χ2n) is 4.97. The predicted molar refractivity (Wildman–Crippen MR) is 85.6 cm³/mol. The summed E-state index contributed by atoms with van der Waals surface area (Å²) in [6, 6.07) is 7.69. The van der Waals surface area contributed by atoms with Gasteiger partial charge in [0.1, 0.15) is 0 Å². The number of nitrogens with one attached hydrogen (secondary N) is 2. The minimum atomic E-state index is -0.634. The van der Waals surface area contributed by atoms with Crippen molar-refractivity contribution in [3.05, 3.63) is 51.7 Å². The molecule has 21 heavy (non-hydrogen) atoms. The number of hydrogen-bond donors (Lipinski definition) is 2. The van der Waals surface area contributed by atoms with Crippen LogP contribution in [0, 0.1) is 13.8 Å². The molecule has 2 amide bonds. The van der Waals surface area contributed by atoms with Crippen LogP contribution in [0.3, 0.4) is 0 Å². The Balaban J connectivity index is 1.83. The molecule has 0 aliphatic heterocycles. The number of amides is 2. The van der Waals surface area contributed by atoms with Gasteiger partial charge in [-0.15, -0.1) is 0 Å². The van der Waals surface area contributed by atoms with E-state index in [0.717, 1.165) is 23.1 Å². The molecule has 0 radical (unpaired) electrons. The summed E-state index contributed by atoms with van der Waals surface area (Å²) in [7, 11) is 0. The highest BCUT2D eigenvalue weighted by Crippen LogP contribution is 2.13. The van der Waals surface area contributed by atoms with Gasteiger partial charge in [0.15, 0.2) is 0 Å². The predicted octanol–water partition coefficient (Wildman–Crippen LogP) is 2.66. The van der Waals surface area contributed by atoms with Crippen molar-refractivity contribution < 1.29 is 9.59 Å². The number of rotatable bonds is 4. The maximum absolute atomic E-state index is 11.8. The van der Waals surface area contributed by atoms with Crippen LogP contribution in [0.1, 0.15) is 16.7 Å². The van der Waals surface area contributed by atoms with Crippen LogP contribution in [0.25, 0.3) is 0 Å². The Morgan fingerprint density at radius 1 is 1.10 bits per heavy atom. The van der Waals surface area contributed by atoms with Gasteiger partial charge in [-0.05, 0) is 65.9 Å². The smallest absolute Gasteiger partial charge is 0.313 e. The van der Waals surface area contributed by atoms with Gasteiger partial charge in [0.2, 0.25) is 0 Å². The molecule has 0 aliphatic carbocycles. The monoisotopic (exact) mass is 302 g/mol. The van der Waals surface area contributed by atoms with Crippen molar-refractivity contribution >= 4 is 28.8 Å². The number of benzene rings is 1. The van der Waals surface area contributed by atoms with E-state index < -0.39 is 11.8 Å². The van der Waals surface area contributed by atoms with E-state index in [9.17, 15) is 9.59 Å². The third-order valence-electron chi connectivity index (χ3n) is 2.97. The maximum atomic E-state index is 11.8. The van der Waals surface area contributed by atoms with Crippen LogP contribution in [0.4, 0.5) is 5.69 Å². The molecular weight excluding hydrogens is 284 g/mol. The number of carbonyl (C=O) groups excluding carboxylic acids is 2. The molecule has 1 aromatic heterocycles. The molecule has 5 heteroatoms. The number of carbonyl (C=O) groups is 2. The van der Waals surface area contributed by atoms with Gasteiger partial charge < -0.3 is 10.6 Å². The topological polar surface area (TPSA) is 58.2 Å². The molecule has 0 aliphatic rings. The first-order valence-electron chi connectivity index (χ1n) is 6.73. The average Bonchev–Trinajstić information content (AvgIpc) is 2.90. The summed E-state index contributed by atoms with van der Waals surface area (Å²) in [5, 5.41) is 9.26. The molecule has 0 unspecified atom stereocenters. The van der Waals surface area contributed by atoms with Crippen LogP contribution < -0.4 is 10.6 Å². The average molecular weight is 302 g/mol. The van der Waals surface area contributed by atoms with E-state index in [2.05, 4.69) is 10.6 Å². The second kappa shape index (κ2) is 7.04. The third kappa shape index (κ3) is 4.72. The number of anilines is 1. The van der Waals surface area contributed by atoms with Gasteiger partial charge >= 0.3 is 11.8 Å². The molecule has 1 aromatic carbocycles. The molecule has 2 N–H and O–H groups in total. The fourth-order valence-corrected chi connectivity index (χ4v) is 2.77. The molecule has 0 spiro atoms. The van der Waals surface area contributed by atoms with Crippen molar-refractivity contribution in [2.75, 3.05) is 11.9 Å². The zero-order valence-corrected chi connectivity index (χ0v) is 12.9. The summed E-state index contributed by atoms with van der Waals surface area (Å²) in [6.07, 6.45) is 0.728. The van der Waals surface area contributed by atoms with Gasteiger partial charge in [-0.3, -0.25) is 9.59 Å². The van der Waals surface area contributed by atoms with Gasteiger partial charge in [-0.1, -0.05) is 6.07 Å². The van der Waals surface area contributed by atoms with Crippen LogP contribution in [0.2, 0.25) is 0 Å². The second-order valence-corrected chi connectivity index (χ2v) is 5.75. The lowest BCUT2D eigenvalue weighted by Crippen LogP contribution is -2.36. The van der Waals surface area contributed by atoms with Crippen LogP contribution in [-0.2, 0) is 16.0 Å². The Bertz CT molecular complexity index is 615. The van der Waals surface area contributed by atoms with E-state index in [4.69, 9.17) is 0 Å². The first-order valence-corrected chi connectivity index (χ1v) is 7.67. The van der Waals surface area contributed by atoms with Crippen molar-refractivity contribution in [2.45, 2.75) is 20.3 Å². The number of thiophene rings is 1. The fraction of sp³-hybridized carbons (Fsp3) is 0.250. The Hall–Kier alpha value is -2.14. The SMILES string of the molecule is Cc1cc(C)cc(NC(=O)C(=O)NCCc2ccsc2)c1. The minimum Gasteiger partial charge on any atom is -0.347 e. The highest BCUT2D eigenvalue weighted by Gasteiger charge is 2.13. The molecule has 0 fully saturated rings. The van der Waals surface area contributed by atoms with Crippen molar-refractivity contribution in [3.8, 4) is 0 Å². The molecule has 2 aromatic rings. The normalized spacial score (nSPS) is 10.2. The van der Waals surface area contributed by atoms with Crippen LogP contribution in [0.15, 0.2) is 35.0 Å². The van der Waals surface area contributed by atoms with Crippen LogP contribution in [-0.4, -0.2) is 18.4 Å². The summed E-state index contributed by atoms with van der Waals surface area (Å²) in [5.41, 5.74) is 3.90. The van der Waals surface area contributed by atoms with Crippen molar-refractivity contribution in [1.29, 1.82) is 0 Å². The van der Waals surface area contributed by atoms with Crippen molar-refractivity contribution in [1.82, 2.24) is 5.32 Å². The van der Waals surface area contributed by atoms with Gasteiger partial charge in [-0.25, -0.2) is 0 Å². The molecular formula is C16H18N2O2S. The largest absolute Gasteiger partial charge is 0.347 e. The lowest BCUT2D eigenvalue weighted by molar-refractivity contribution is -0.136. The first kappa shape index (κ1) is 15.3. The molecule has 2 rings (SSSR count). The summed E-state index contributed by atoms with van der Waals surface area (Å²) in [6.45, 7) is 4.35. The van der Waals surface area contributed by atoms with E-state index in [1.54, 1.807) is 11.3 Å². The lowest BCUT2D eigenvalue weighted by Gasteiger charge is -2.08. The van der Waals surface area contributed by atoms with E-state index >= 15 is 0 Å². The Labute approximate surface area is 128 Å². The summed E-state index contributed by atoms with van der Waals surface area (Å²) in [5.74, 6) is -1.24. The molecule has 4 nitrogen and oxygen atoms in total. The van der Waals surface area contributed by atoms with E-state index in [0.29, 0.717) is 12.2 Å². The lowest BCUT2D eigenvalue weighted by atomic mass is 10.1. The van der Waals surface area contributed by atoms with Crippen LogP contribution >= 0.6 is 11.3 Å². The zero-order valence-electron chi connectivity index (χ0n) is 12.1. The number of aryl methyl sites for hydroxylation is 2. The van der Waals surface area contributed by atoms with E-state index in [1.165, 1.54) is 0 Å². The third-order valence-corrected chi connectivity index (χ3v) is 3.70. The van der Waals surface area contributed by atoms with Crippen LogP contribution in [0.5, 0.6) is 0 Å². The van der Waals surface area contributed by atoms with E-state index in [-0.39, 0.29) is 0 Å². The standard InChI is InChI=1S/C16H18N2O2S/c1-11-7-12(2)9-14(8-11)18-16(20)15(19)17-5-3-13-4-6-21-10-13/h4,6-10H,3,5H2,1-2H3,(H,17,19)(H,18,20). The summed E-state index contributed by atoms with van der Waals surface area (Å²) < 4.78 is 0. The zero-order chi connectivity index (χ0) is 15.2. The quantitative estimate of drug-likeness (QED) is 0.853. The van der Waals surface area contributed by atoms with Crippen molar-refractivity contribution in [2.24, 2.45) is 0 Å². The summed E-state index contributed by atoms with van der Waals surface area (Å²) in [4.78, 5) is 23.5. The van der Waals surface area contributed by atoms with Gasteiger partial charge in [0.25, 0.3) is 0 Å². The Kier molecular flexibility index (Phi) is 5.11. The molecule has 0 atom stereocenters. The maximum Gasteiger partial charge on any atom is 0.313 e. The molecule has 0 bridgehead atoms. The molecule has 0 saturated heterocycles. The highest BCUT2D eigenvalue weighted by atomic mass is 32.1. The molecule has 1 heterocycles.